The van der Waals surface area contributed by atoms with E-state index >= 15 is 0 Å². The van der Waals surface area contributed by atoms with Crippen molar-refractivity contribution in [1.29, 1.82) is 0 Å². The van der Waals surface area contributed by atoms with Crippen molar-refractivity contribution in [2.75, 3.05) is 0 Å². The number of aliphatic carboxylic acids is 1. The SMILES string of the molecule is O=C(O)C(=O)C=C(O)c1ccnn1Cc1ccncc1. The lowest BCUT2D eigenvalue weighted by molar-refractivity contribution is -0.146. The standard InChI is InChI=1S/C13H11N3O4/c17-11(7-12(18)13(19)20)10-3-6-15-16(10)8-9-1-4-14-5-2-9/h1-7,17H,8H2,(H,19,20). The largest absolute Gasteiger partial charge is 0.506 e. The number of hydrogen-bond acceptors (Lipinski definition) is 5. The first-order valence-electron chi connectivity index (χ1n) is 5.67. The van der Waals surface area contributed by atoms with Crippen LogP contribution in [0.25, 0.3) is 5.76 Å². The Bertz CT molecular complexity index is 661. The Kier molecular flexibility index (Phi) is 3.90. The summed E-state index contributed by atoms with van der Waals surface area (Å²) in [4.78, 5) is 25.4. The highest BCUT2D eigenvalue weighted by Crippen LogP contribution is 2.12. The van der Waals surface area contributed by atoms with Gasteiger partial charge in [0.2, 0.25) is 0 Å². The fourth-order valence-corrected chi connectivity index (χ4v) is 1.60. The van der Waals surface area contributed by atoms with Crippen LogP contribution in [0.3, 0.4) is 0 Å². The third kappa shape index (κ3) is 3.08. The van der Waals surface area contributed by atoms with Crippen LogP contribution in [-0.4, -0.2) is 36.7 Å². The molecule has 20 heavy (non-hydrogen) atoms. The topological polar surface area (TPSA) is 105 Å². The third-order valence-electron chi connectivity index (χ3n) is 2.54. The molecule has 0 spiro atoms. The minimum absolute atomic E-state index is 0.261. The zero-order valence-electron chi connectivity index (χ0n) is 10.3. The van der Waals surface area contributed by atoms with Crippen molar-refractivity contribution in [2.24, 2.45) is 0 Å². The predicted molar refractivity (Wildman–Crippen MR) is 68.8 cm³/mol. The monoisotopic (exact) mass is 273 g/mol. The Morgan fingerprint density at radius 2 is 1.85 bits per heavy atom. The van der Waals surface area contributed by atoms with Gasteiger partial charge < -0.3 is 10.2 Å². The molecular formula is C13H11N3O4. The fourth-order valence-electron chi connectivity index (χ4n) is 1.60. The van der Waals surface area contributed by atoms with E-state index in [1.807, 2.05) is 0 Å². The molecule has 0 aliphatic rings. The summed E-state index contributed by atoms with van der Waals surface area (Å²) >= 11 is 0. The van der Waals surface area contributed by atoms with Crippen molar-refractivity contribution in [2.45, 2.75) is 6.54 Å². The summed E-state index contributed by atoms with van der Waals surface area (Å²) in [6, 6.07) is 5.06. The molecule has 2 heterocycles. The average molecular weight is 273 g/mol. The Hall–Kier alpha value is -2.96. The molecule has 0 saturated carbocycles. The number of aliphatic hydroxyl groups is 1. The zero-order chi connectivity index (χ0) is 14.5. The molecule has 0 atom stereocenters. The Labute approximate surface area is 113 Å². The van der Waals surface area contributed by atoms with E-state index < -0.39 is 17.5 Å². The summed E-state index contributed by atoms with van der Waals surface area (Å²) in [6.45, 7) is 0.365. The molecule has 2 rings (SSSR count). The van der Waals surface area contributed by atoms with Gasteiger partial charge in [0.05, 0.1) is 6.54 Å². The number of nitrogens with zero attached hydrogens (tertiary/aromatic N) is 3. The van der Waals surface area contributed by atoms with Gasteiger partial charge in [0.25, 0.3) is 5.78 Å². The van der Waals surface area contributed by atoms with Gasteiger partial charge in [-0.1, -0.05) is 0 Å². The Morgan fingerprint density at radius 3 is 2.50 bits per heavy atom. The van der Waals surface area contributed by atoms with Crippen molar-refractivity contribution in [3.05, 3.63) is 54.1 Å². The number of rotatable bonds is 5. The molecule has 2 N–H and O–H groups in total. The summed E-state index contributed by atoms with van der Waals surface area (Å²) in [5.74, 6) is -3.26. The van der Waals surface area contributed by atoms with Crippen molar-refractivity contribution in [3.8, 4) is 0 Å². The number of carboxylic acid groups (broad SMARTS) is 1. The van der Waals surface area contributed by atoms with Crippen LogP contribution in [0, 0.1) is 0 Å². The number of carbonyl (C=O) groups is 2. The minimum Gasteiger partial charge on any atom is -0.506 e. The van der Waals surface area contributed by atoms with E-state index in [1.165, 1.54) is 16.9 Å². The lowest BCUT2D eigenvalue weighted by atomic mass is 10.2. The second kappa shape index (κ2) is 5.79. The molecule has 0 aliphatic heterocycles. The first kappa shape index (κ1) is 13.5. The van der Waals surface area contributed by atoms with Crippen molar-refractivity contribution >= 4 is 17.5 Å². The first-order valence-corrected chi connectivity index (χ1v) is 5.67. The summed E-state index contributed by atoms with van der Waals surface area (Å²) in [5, 5.41) is 22.3. The van der Waals surface area contributed by atoms with Crippen LogP contribution in [0.5, 0.6) is 0 Å². The van der Waals surface area contributed by atoms with Gasteiger partial charge in [0.15, 0.2) is 0 Å². The minimum atomic E-state index is -1.63. The highest BCUT2D eigenvalue weighted by Gasteiger charge is 2.13. The van der Waals surface area contributed by atoms with Gasteiger partial charge in [0.1, 0.15) is 11.5 Å². The van der Waals surface area contributed by atoms with E-state index in [1.54, 1.807) is 24.5 Å². The van der Waals surface area contributed by atoms with Crippen LogP contribution in [-0.2, 0) is 16.1 Å². The highest BCUT2D eigenvalue weighted by molar-refractivity contribution is 6.38. The summed E-state index contributed by atoms with van der Waals surface area (Å²) < 4.78 is 1.45. The molecule has 0 aromatic carbocycles. The predicted octanol–water partition coefficient (Wildman–Crippen LogP) is 0.879. The van der Waals surface area contributed by atoms with Gasteiger partial charge in [-0.15, -0.1) is 0 Å². The molecule has 0 bridgehead atoms. The maximum Gasteiger partial charge on any atom is 0.376 e. The van der Waals surface area contributed by atoms with Crippen molar-refractivity contribution in [1.82, 2.24) is 14.8 Å². The fraction of sp³-hybridized carbons (Fsp3) is 0.0769. The smallest absolute Gasteiger partial charge is 0.376 e. The molecule has 2 aromatic rings. The molecule has 0 fully saturated rings. The Balaban J connectivity index is 2.25. The van der Waals surface area contributed by atoms with E-state index in [9.17, 15) is 14.7 Å². The number of aromatic nitrogens is 3. The number of aliphatic hydroxyl groups excluding tert-OH is 1. The maximum absolute atomic E-state index is 11.0. The molecule has 0 saturated heterocycles. The normalized spacial score (nSPS) is 11.3. The number of carbonyl (C=O) groups excluding carboxylic acids is 1. The van der Waals surface area contributed by atoms with Crippen molar-refractivity contribution < 1.29 is 19.8 Å². The van der Waals surface area contributed by atoms with Gasteiger partial charge in [-0.2, -0.15) is 5.10 Å². The van der Waals surface area contributed by atoms with E-state index in [-0.39, 0.29) is 5.69 Å². The zero-order valence-corrected chi connectivity index (χ0v) is 10.3. The van der Waals surface area contributed by atoms with Crippen LogP contribution in [0.1, 0.15) is 11.3 Å². The molecule has 0 unspecified atom stereocenters. The van der Waals surface area contributed by atoms with Crippen LogP contribution in [0.15, 0.2) is 42.9 Å². The van der Waals surface area contributed by atoms with Gasteiger partial charge in [-0.25, -0.2) is 4.79 Å². The molecular weight excluding hydrogens is 262 g/mol. The number of pyridine rings is 1. The van der Waals surface area contributed by atoms with Crippen LogP contribution < -0.4 is 0 Å². The molecule has 7 nitrogen and oxygen atoms in total. The van der Waals surface area contributed by atoms with Gasteiger partial charge in [-0.05, 0) is 23.8 Å². The lowest BCUT2D eigenvalue weighted by Crippen LogP contribution is -2.11. The molecule has 102 valence electrons. The third-order valence-corrected chi connectivity index (χ3v) is 2.54. The average Bonchev–Trinajstić information content (AvgIpc) is 2.88. The number of carboxylic acids is 1. The van der Waals surface area contributed by atoms with Crippen LogP contribution in [0.4, 0.5) is 0 Å². The molecule has 0 aliphatic carbocycles. The van der Waals surface area contributed by atoms with E-state index in [2.05, 4.69) is 10.1 Å². The lowest BCUT2D eigenvalue weighted by Gasteiger charge is -2.06. The first-order chi connectivity index (χ1) is 9.58. The molecule has 0 radical (unpaired) electrons. The second-order valence-electron chi connectivity index (χ2n) is 3.93. The highest BCUT2D eigenvalue weighted by atomic mass is 16.4. The maximum atomic E-state index is 11.0. The van der Waals surface area contributed by atoms with Gasteiger partial charge in [0, 0.05) is 24.7 Å². The molecule has 2 aromatic heterocycles. The summed E-state index contributed by atoms with van der Waals surface area (Å²) in [6.07, 6.45) is 5.36. The second-order valence-corrected chi connectivity index (χ2v) is 3.93. The number of hydrogen-bond donors (Lipinski definition) is 2. The van der Waals surface area contributed by atoms with E-state index in [0.717, 1.165) is 5.56 Å². The summed E-state index contributed by atoms with van der Waals surface area (Å²) in [5.41, 5.74) is 1.17. The van der Waals surface area contributed by atoms with E-state index in [4.69, 9.17) is 5.11 Å². The molecule has 7 heteroatoms. The van der Waals surface area contributed by atoms with E-state index in [0.29, 0.717) is 12.6 Å². The van der Waals surface area contributed by atoms with Crippen LogP contribution >= 0.6 is 0 Å². The molecule has 0 amide bonds. The number of ketones is 1. The Morgan fingerprint density at radius 1 is 1.15 bits per heavy atom. The van der Waals surface area contributed by atoms with Crippen LogP contribution in [0.2, 0.25) is 0 Å². The summed E-state index contributed by atoms with van der Waals surface area (Å²) in [7, 11) is 0. The van der Waals surface area contributed by atoms with Gasteiger partial charge in [-0.3, -0.25) is 14.5 Å². The van der Waals surface area contributed by atoms with Crippen molar-refractivity contribution in [3.63, 3.8) is 0 Å². The van der Waals surface area contributed by atoms with Gasteiger partial charge >= 0.3 is 5.97 Å². The quantitative estimate of drug-likeness (QED) is 0.476.